The van der Waals surface area contributed by atoms with Gasteiger partial charge in [-0.3, -0.25) is 4.79 Å². The molecular formula is C43H55NO. The van der Waals surface area contributed by atoms with Crippen LogP contribution in [-0.4, -0.2) is 12.5 Å². The van der Waals surface area contributed by atoms with Gasteiger partial charge < -0.3 is 4.90 Å². The summed E-state index contributed by atoms with van der Waals surface area (Å²) in [5, 5.41) is 0. The van der Waals surface area contributed by atoms with Crippen LogP contribution in [0.1, 0.15) is 123 Å². The summed E-state index contributed by atoms with van der Waals surface area (Å²) >= 11 is 0. The first kappa shape index (κ1) is 34.2. The Balaban J connectivity index is 1.84. The Kier molecular flexibility index (Phi) is 9.33. The monoisotopic (exact) mass is 601 g/mol. The van der Waals surface area contributed by atoms with Crippen molar-refractivity contribution in [1.29, 1.82) is 0 Å². The molecule has 238 valence electrons. The molecule has 45 heavy (non-hydrogen) atoms. The zero-order valence-electron chi connectivity index (χ0n) is 30.0. The van der Waals surface area contributed by atoms with E-state index in [4.69, 9.17) is 0 Å². The van der Waals surface area contributed by atoms with Crippen molar-refractivity contribution < 1.29 is 4.79 Å². The van der Waals surface area contributed by atoms with Crippen LogP contribution in [0, 0.1) is 0 Å². The first-order valence-electron chi connectivity index (χ1n) is 16.5. The van der Waals surface area contributed by atoms with Gasteiger partial charge >= 0.3 is 0 Å². The number of amides is 1. The van der Waals surface area contributed by atoms with E-state index in [-0.39, 0.29) is 27.6 Å². The topological polar surface area (TPSA) is 20.3 Å². The molecule has 3 aromatic carbocycles. The lowest BCUT2D eigenvalue weighted by molar-refractivity contribution is -0.122. The summed E-state index contributed by atoms with van der Waals surface area (Å²) in [5.41, 5.74) is 12.0. The highest BCUT2D eigenvalue weighted by molar-refractivity contribution is 6.00. The second-order valence-corrected chi connectivity index (χ2v) is 16.9. The Morgan fingerprint density at radius 2 is 1.11 bits per heavy atom. The third-order valence-corrected chi connectivity index (χ3v) is 8.88. The van der Waals surface area contributed by atoms with E-state index in [1.807, 2.05) is 11.0 Å². The predicted molar refractivity (Wildman–Crippen MR) is 197 cm³/mol. The average Bonchev–Trinajstić information content (AvgIpc) is 2.92. The molecule has 1 heterocycles. The number of hydrogen-bond acceptors (Lipinski definition) is 1. The van der Waals surface area contributed by atoms with Gasteiger partial charge in [-0.1, -0.05) is 150 Å². The molecule has 0 aliphatic carbocycles. The van der Waals surface area contributed by atoms with Crippen molar-refractivity contribution in [2.24, 2.45) is 0 Å². The molecule has 1 amide bonds. The first-order chi connectivity index (χ1) is 20.7. The summed E-state index contributed by atoms with van der Waals surface area (Å²) in [5.74, 6) is 0.175. The van der Waals surface area contributed by atoms with Gasteiger partial charge in [0.15, 0.2) is 0 Å². The fourth-order valence-corrected chi connectivity index (χ4v) is 5.51. The summed E-state index contributed by atoms with van der Waals surface area (Å²) in [6, 6.07) is 20.5. The number of β-lactam (4-membered cyclic amide) rings is 1. The Hall–Kier alpha value is -3.65. The molecule has 0 aromatic heterocycles. The van der Waals surface area contributed by atoms with Gasteiger partial charge in [0.25, 0.3) is 0 Å². The minimum atomic E-state index is 0.0119. The Labute approximate surface area is 274 Å². The van der Waals surface area contributed by atoms with Crippen molar-refractivity contribution in [3.8, 4) is 11.1 Å². The standard InChI is InChI=1S/C43H55NO/c1-14-30(17-15-16-29-20-34(40(2,3)4)27-35(21-29)41(5,6)7)31-22-32(26-38(25-31)44-19-18-39(44)45)33-23-36(42(8,9)10)28-37(24-33)43(11,12)13/h14-17,20-28H,1,18-19H2,2-13H3/b16-15+,30-17+. The van der Waals surface area contributed by atoms with Gasteiger partial charge in [0.05, 0.1) is 0 Å². The van der Waals surface area contributed by atoms with Crippen molar-refractivity contribution in [3.05, 3.63) is 113 Å². The van der Waals surface area contributed by atoms with Crippen LogP contribution < -0.4 is 4.90 Å². The molecule has 2 nitrogen and oxygen atoms in total. The van der Waals surface area contributed by atoms with Crippen LogP contribution in [0.25, 0.3) is 22.8 Å². The summed E-state index contributed by atoms with van der Waals surface area (Å²) in [6.45, 7) is 32.2. The molecule has 0 atom stereocenters. The zero-order valence-corrected chi connectivity index (χ0v) is 30.0. The van der Waals surface area contributed by atoms with E-state index in [0.717, 1.165) is 28.9 Å². The molecule has 1 saturated heterocycles. The average molecular weight is 602 g/mol. The Morgan fingerprint density at radius 3 is 1.51 bits per heavy atom. The highest BCUT2D eigenvalue weighted by Gasteiger charge is 2.27. The lowest BCUT2D eigenvalue weighted by atomic mass is 9.78. The maximum Gasteiger partial charge on any atom is 0.228 e. The molecule has 0 spiro atoms. The first-order valence-corrected chi connectivity index (χ1v) is 16.5. The summed E-state index contributed by atoms with van der Waals surface area (Å²) in [4.78, 5) is 14.5. The molecule has 0 saturated carbocycles. The summed E-state index contributed by atoms with van der Waals surface area (Å²) in [7, 11) is 0. The molecule has 1 aliphatic rings. The van der Waals surface area contributed by atoms with Crippen LogP contribution in [0.15, 0.2) is 79.4 Å². The molecule has 0 unspecified atom stereocenters. The molecule has 1 fully saturated rings. The molecule has 0 bridgehead atoms. The summed E-state index contributed by atoms with van der Waals surface area (Å²) in [6.07, 6.45) is 8.98. The highest BCUT2D eigenvalue weighted by Crippen LogP contribution is 2.38. The van der Waals surface area contributed by atoms with E-state index < -0.39 is 0 Å². The van der Waals surface area contributed by atoms with Gasteiger partial charge in [0.1, 0.15) is 0 Å². The number of carbonyl (C=O) groups excluding carboxylic acids is 1. The van der Waals surface area contributed by atoms with Crippen LogP contribution >= 0.6 is 0 Å². The van der Waals surface area contributed by atoms with Gasteiger partial charge in [-0.05, 0) is 89.9 Å². The quantitative estimate of drug-likeness (QED) is 0.203. The Morgan fingerprint density at radius 1 is 0.644 bits per heavy atom. The third-order valence-electron chi connectivity index (χ3n) is 8.88. The maximum absolute atomic E-state index is 12.6. The second-order valence-electron chi connectivity index (χ2n) is 16.9. The Bertz CT molecular complexity index is 1590. The molecule has 1 aliphatic heterocycles. The molecule has 2 heteroatoms. The van der Waals surface area contributed by atoms with Crippen LogP contribution in [0.4, 0.5) is 5.69 Å². The fourth-order valence-electron chi connectivity index (χ4n) is 5.51. The van der Waals surface area contributed by atoms with Gasteiger partial charge in [-0.15, -0.1) is 0 Å². The smallest absolute Gasteiger partial charge is 0.228 e. The normalized spacial score (nSPS) is 15.1. The number of allylic oxidation sites excluding steroid dienone is 4. The lowest BCUT2D eigenvalue weighted by Crippen LogP contribution is -2.43. The molecule has 0 radical (unpaired) electrons. The highest BCUT2D eigenvalue weighted by atomic mass is 16.2. The molecular weight excluding hydrogens is 546 g/mol. The second kappa shape index (κ2) is 12.3. The van der Waals surface area contributed by atoms with E-state index in [1.165, 1.54) is 33.4 Å². The van der Waals surface area contributed by atoms with E-state index in [9.17, 15) is 4.79 Å². The van der Waals surface area contributed by atoms with Gasteiger partial charge in [0.2, 0.25) is 5.91 Å². The van der Waals surface area contributed by atoms with E-state index >= 15 is 0 Å². The van der Waals surface area contributed by atoms with Crippen LogP contribution in [0.3, 0.4) is 0 Å². The summed E-state index contributed by atoms with van der Waals surface area (Å²) < 4.78 is 0. The number of rotatable bonds is 6. The molecule has 4 rings (SSSR count). The van der Waals surface area contributed by atoms with E-state index in [2.05, 4.69) is 162 Å². The lowest BCUT2D eigenvalue weighted by Gasteiger charge is -2.32. The minimum absolute atomic E-state index is 0.0119. The van der Waals surface area contributed by atoms with Crippen molar-refractivity contribution in [3.63, 3.8) is 0 Å². The number of anilines is 1. The van der Waals surface area contributed by atoms with Gasteiger partial charge in [-0.25, -0.2) is 0 Å². The van der Waals surface area contributed by atoms with Crippen molar-refractivity contribution in [2.45, 2.75) is 111 Å². The number of hydrogen-bond donors (Lipinski definition) is 0. The van der Waals surface area contributed by atoms with Crippen LogP contribution in [0.5, 0.6) is 0 Å². The number of benzene rings is 3. The molecule has 3 aromatic rings. The van der Waals surface area contributed by atoms with Gasteiger partial charge in [0, 0.05) is 18.7 Å². The van der Waals surface area contributed by atoms with Gasteiger partial charge in [-0.2, -0.15) is 0 Å². The minimum Gasteiger partial charge on any atom is -0.312 e. The van der Waals surface area contributed by atoms with Crippen molar-refractivity contribution in [2.75, 3.05) is 11.4 Å². The van der Waals surface area contributed by atoms with Crippen LogP contribution in [0.2, 0.25) is 0 Å². The SMILES string of the molecule is C=C/C(=C\C=C\c1cc(C(C)(C)C)cc(C(C)(C)C)c1)c1cc(-c2cc(C(C)(C)C)cc(C(C)(C)C)c2)cc(N2CCC2=O)c1. The van der Waals surface area contributed by atoms with E-state index in [0.29, 0.717) is 6.42 Å². The number of nitrogens with zero attached hydrogens (tertiary/aromatic N) is 1. The van der Waals surface area contributed by atoms with Crippen molar-refractivity contribution >= 4 is 23.2 Å². The third kappa shape index (κ3) is 8.15. The molecule has 0 N–H and O–H groups in total. The largest absolute Gasteiger partial charge is 0.312 e. The fraction of sp³-hybridized carbons (Fsp3) is 0.419. The predicted octanol–water partition coefficient (Wildman–Crippen LogP) is 11.6. The number of carbonyl (C=O) groups is 1. The van der Waals surface area contributed by atoms with Crippen molar-refractivity contribution in [1.82, 2.24) is 0 Å². The van der Waals surface area contributed by atoms with Crippen LogP contribution in [-0.2, 0) is 26.5 Å². The van der Waals surface area contributed by atoms with E-state index in [1.54, 1.807) is 0 Å². The maximum atomic E-state index is 12.6. The zero-order chi connectivity index (χ0) is 33.5.